The lowest BCUT2D eigenvalue weighted by Crippen LogP contribution is -1.87. The second-order valence-electron chi connectivity index (χ2n) is 4.72. The van der Waals surface area contributed by atoms with Crippen LogP contribution in [0.3, 0.4) is 0 Å². The van der Waals surface area contributed by atoms with Gasteiger partial charge < -0.3 is 0 Å². The van der Waals surface area contributed by atoms with E-state index in [0.29, 0.717) is 5.92 Å². The highest BCUT2D eigenvalue weighted by molar-refractivity contribution is 7.12. The highest BCUT2D eigenvalue weighted by Gasteiger charge is 2.14. The van der Waals surface area contributed by atoms with Gasteiger partial charge in [-0.05, 0) is 43.9 Å². The maximum atomic E-state index is 10.5. The Morgan fingerprint density at radius 3 is 2.35 bits per heavy atom. The molecule has 17 heavy (non-hydrogen) atoms. The van der Waals surface area contributed by atoms with Crippen molar-refractivity contribution in [2.24, 2.45) is 0 Å². The topological polar surface area (TPSA) is 17.1 Å². The lowest BCUT2D eigenvalue weighted by molar-refractivity contribution is -0.104. The van der Waals surface area contributed by atoms with Gasteiger partial charge in [-0.1, -0.05) is 31.6 Å². The van der Waals surface area contributed by atoms with Crippen molar-refractivity contribution in [1.82, 2.24) is 0 Å². The second-order valence-corrected chi connectivity index (χ2v) is 5.98. The molecular weight excluding hydrogens is 228 g/mol. The Bertz CT molecular complexity index is 458. The van der Waals surface area contributed by atoms with E-state index in [-0.39, 0.29) is 0 Å². The molecule has 0 saturated carbocycles. The van der Waals surface area contributed by atoms with E-state index in [1.54, 1.807) is 6.08 Å². The van der Waals surface area contributed by atoms with E-state index in [1.165, 1.54) is 26.5 Å². The Morgan fingerprint density at radius 2 is 1.88 bits per heavy atom. The third-order valence-electron chi connectivity index (χ3n) is 2.50. The highest BCUT2D eigenvalue weighted by Crippen LogP contribution is 2.35. The molecule has 2 heteroatoms. The number of hydrogen-bond donors (Lipinski definition) is 0. The van der Waals surface area contributed by atoms with Crippen LogP contribution in [-0.4, -0.2) is 6.29 Å². The van der Waals surface area contributed by atoms with Crippen LogP contribution in [0.4, 0.5) is 0 Å². The zero-order valence-electron chi connectivity index (χ0n) is 11.2. The van der Waals surface area contributed by atoms with Crippen molar-refractivity contribution in [3.8, 4) is 0 Å². The van der Waals surface area contributed by atoms with Gasteiger partial charge in [-0.15, -0.1) is 11.3 Å². The van der Waals surface area contributed by atoms with Crippen molar-refractivity contribution in [3.63, 3.8) is 0 Å². The van der Waals surface area contributed by atoms with Crippen molar-refractivity contribution in [1.29, 1.82) is 0 Å². The molecule has 0 saturated heterocycles. The van der Waals surface area contributed by atoms with Gasteiger partial charge in [-0.25, -0.2) is 0 Å². The maximum Gasteiger partial charge on any atom is 0.142 e. The summed E-state index contributed by atoms with van der Waals surface area (Å²) >= 11 is 1.83. The normalized spacial score (nSPS) is 11.2. The molecular formula is C15H20OS. The van der Waals surface area contributed by atoms with Gasteiger partial charge in [-0.2, -0.15) is 0 Å². The van der Waals surface area contributed by atoms with Gasteiger partial charge in [0.25, 0.3) is 0 Å². The fourth-order valence-electron chi connectivity index (χ4n) is 1.80. The number of carbonyl (C=O) groups is 1. The molecule has 1 heterocycles. The molecule has 0 aromatic carbocycles. The molecule has 0 atom stereocenters. The number of aryl methyl sites for hydroxylation is 1. The van der Waals surface area contributed by atoms with Crippen LogP contribution in [0.1, 0.15) is 54.5 Å². The number of carbonyl (C=O) groups excluding carboxylic acids is 1. The number of aldehydes is 1. The largest absolute Gasteiger partial charge is 0.299 e. The fourth-order valence-corrected chi connectivity index (χ4v) is 2.93. The molecule has 0 aliphatic rings. The van der Waals surface area contributed by atoms with E-state index in [1.807, 2.05) is 17.4 Å². The molecule has 0 fully saturated rings. The number of hydrogen-bond acceptors (Lipinski definition) is 2. The first-order valence-corrected chi connectivity index (χ1v) is 6.69. The van der Waals surface area contributed by atoms with Crippen LogP contribution in [0.2, 0.25) is 0 Å². The number of allylic oxidation sites excluding steroid dienone is 2. The van der Waals surface area contributed by atoms with Crippen molar-refractivity contribution in [2.45, 2.75) is 40.5 Å². The van der Waals surface area contributed by atoms with E-state index >= 15 is 0 Å². The monoisotopic (exact) mass is 248 g/mol. The zero-order valence-corrected chi connectivity index (χ0v) is 12.0. The smallest absolute Gasteiger partial charge is 0.142 e. The van der Waals surface area contributed by atoms with Crippen LogP contribution >= 0.6 is 11.3 Å². The van der Waals surface area contributed by atoms with Crippen LogP contribution in [0, 0.1) is 6.92 Å². The van der Waals surface area contributed by atoms with Gasteiger partial charge in [0, 0.05) is 9.75 Å². The van der Waals surface area contributed by atoms with Gasteiger partial charge in [-0.3, -0.25) is 4.79 Å². The average Bonchev–Trinajstić information content (AvgIpc) is 2.53. The standard InChI is InChI=1S/C15H20OS/c1-10(2)9-14-12(5)17-15(11(3)4)13(14)7-6-8-16/h6-9,11H,1-5H3/b7-6+. The van der Waals surface area contributed by atoms with Crippen molar-refractivity contribution >= 4 is 29.8 Å². The highest BCUT2D eigenvalue weighted by atomic mass is 32.1. The number of rotatable bonds is 4. The first kappa shape index (κ1) is 13.9. The Balaban J connectivity index is 3.41. The van der Waals surface area contributed by atoms with Crippen LogP contribution in [0.5, 0.6) is 0 Å². The van der Waals surface area contributed by atoms with Crippen LogP contribution in [-0.2, 0) is 4.79 Å². The molecule has 0 unspecified atom stereocenters. The molecule has 1 aromatic heterocycles. The summed E-state index contributed by atoms with van der Waals surface area (Å²) in [5.41, 5.74) is 3.74. The first-order valence-electron chi connectivity index (χ1n) is 5.87. The Morgan fingerprint density at radius 1 is 1.24 bits per heavy atom. The summed E-state index contributed by atoms with van der Waals surface area (Å²) in [6.07, 6.45) is 6.54. The second kappa shape index (κ2) is 5.97. The lowest BCUT2D eigenvalue weighted by atomic mass is 10.0. The lowest BCUT2D eigenvalue weighted by Gasteiger charge is -2.04. The molecule has 0 radical (unpaired) electrons. The van der Waals surface area contributed by atoms with Gasteiger partial charge in [0.2, 0.25) is 0 Å². The molecule has 0 aliphatic carbocycles. The van der Waals surface area contributed by atoms with Crippen molar-refractivity contribution in [2.75, 3.05) is 0 Å². The van der Waals surface area contributed by atoms with Gasteiger partial charge >= 0.3 is 0 Å². The molecule has 0 amide bonds. The molecule has 1 nitrogen and oxygen atoms in total. The number of thiophene rings is 1. The zero-order chi connectivity index (χ0) is 13.0. The summed E-state index contributed by atoms with van der Waals surface area (Å²) in [4.78, 5) is 13.2. The predicted octanol–water partition coefficient (Wildman–Crippen LogP) is 4.82. The molecule has 0 spiro atoms. The SMILES string of the molecule is CC(C)=Cc1c(C)sc(C(C)C)c1/C=C/C=O. The Kier molecular flexibility index (Phi) is 4.88. The first-order chi connectivity index (χ1) is 7.97. The summed E-state index contributed by atoms with van der Waals surface area (Å²) in [7, 11) is 0. The van der Waals surface area contributed by atoms with E-state index in [0.717, 1.165) is 6.29 Å². The minimum absolute atomic E-state index is 0.490. The molecule has 0 aliphatic heterocycles. The molecule has 92 valence electrons. The quantitative estimate of drug-likeness (QED) is 0.551. The van der Waals surface area contributed by atoms with Gasteiger partial charge in [0.15, 0.2) is 0 Å². The van der Waals surface area contributed by atoms with E-state index in [2.05, 4.69) is 40.7 Å². The third kappa shape index (κ3) is 3.40. The minimum atomic E-state index is 0.490. The van der Waals surface area contributed by atoms with Crippen LogP contribution < -0.4 is 0 Å². The average molecular weight is 248 g/mol. The fraction of sp³-hybridized carbons (Fsp3) is 0.400. The van der Waals surface area contributed by atoms with Crippen molar-refractivity contribution < 1.29 is 4.79 Å². The Labute approximate surface area is 108 Å². The summed E-state index contributed by atoms with van der Waals surface area (Å²) in [5.74, 6) is 0.490. The molecule has 0 bridgehead atoms. The predicted molar refractivity (Wildman–Crippen MR) is 77.6 cm³/mol. The maximum absolute atomic E-state index is 10.5. The van der Waals surface area contributed by atoms with Crippen LogP contribution in [0.25, 0.3) is 12.2 Å². The molecule has 0 N–H and O–H groups in total. The summed E-state index contributed by atoms with van der Waals surface area (Å²) < 4.78 is 0. The summed E-state index contributed by atoms with van der Waals surface area (Å²) in [6.45, 7) is 10.7. The third-order valence-corrected chi connectivity index (χ3v) is 3.93. The van der Waals surface area contributed by atoms with Gasteiger partial charge in [0.05, 0.1) is 0 Å². The van der Waals surface area contributed by atoms with Gasteiger partial charge in [0.1, 0.15) is 6.29 Å². The summed E-state index contributed by atoms with van der Waals surface area (Å²) in [5, 5.41) is 0. The molecule has 1 aromatic rings. The summed E-state index contributed by atoms with van der Waals surface area (Å²) in [6, 6.07) is 0. The van der Waals surface area contributed by atoms with E-state index in [9.17, 15) is 4.79 Å². The van der Waals surface area contributed by atoms with E-state index < -0.39 is 0 Å². The van der Waals surface area contributed by atoms with Crippen molar-refractivity contribution in [3.05, 3.63) is 32.5 Å². The van der Waals surface area contributed by atoms with E-state index in [4.69, 9.17) is 0 Å². The Hall–Kier alpha value is -1.15. The molecule has 1 rings (SSSR count). The minimum Gasteiger partial charge on any atom is -0.299 e. The van der Waals surface area contributed by atoms with Crippen LogP contribution in [0.15, 0.2) is 11.6 Å².